The van der Waals surface area contributed by atoms with E-state index in [1.807, 2.05) is 5.32 Å². The largest absolute Gasteiger partial charge is 0.508 e. The highest BCUT2D eigenvalue weighted by Crippen LogP contribution is 2.49. The number of carboxylic acids is 3. The summed E-state index contributed by atoms with van der Waals surface area (Å²) in [5.74, 6) is -7.68. The van der Waals surface area contributed by atoms with E-state index in [2.05, 4.69) is 19.9 Å². The van der Waals surface area contributed by atoms with E-state index in [9.17, 15) is 73.0 Å². The van der Waals surface area contributed by atoms with E-state index >= 15 is 0 Å². The van der Waals surface area contributed by atoms with Gasteiger partial charge in [0.25, 0.3) is 18.9 Å². The van der Waals surface area contributed by atoms with Crippen molar-refractivity contribution >= 4 is 62.1 Å². The number of carboxylic acid groups (broad SMARTS) is 3. The molecule has 64 heavy (non-hydrogen) atoms. The zero-order chi connectivity index (χ0) is 47.0. The van der Waals surface area contributed by atoms with Crippen molar-refractivity contribution in [2.24, 2.45) is 5.92 Å². The zero-order valence-electron chi connectivity index (χ0n) is 33.7. The number of unbranched alkanes of at least 4 members (excludes halogenated alkanes) is 2. The minimum Gasteiger partial charge on any atom is -0.508 e. The Morgan fingerprint density at radius 2 is 1.58 bits per heavy atom. The summed E-state index contributed by atoms with van der Waals surface area (Å²) >= 11 is 0. The summed E-state index contributed by atoms with van der Waals surface area (Å²) in [5.41, 5.74) is 0.845. The molecule has 2 aliphatic rings. The summed E-state index contributed by atoms with van der Waals surface area (Å²) in [6.07, 6.45) is 2.86. The maximum Gasteiger partial charge on any atom is 0.403 e. The fraction of sp³-hybridized carbons (Fsp3) is 0.375. The molecule has 0 aromatic heterocycles. The third-order valence-corrected chi connectivity index (χ3v) is 10.8. The van der Waals surface area contributed by atoms with Crippen LogP contribution in [0.5, 0.6) is 11.5 Å². The highest BCUT2D eigenvalue weighted by atomic mass is 31.2. The number of carbonyl (C=O) groups is 9. The molecular weight excluding hydrogens is 871 g/mol. The van der Waals surface area contributed by atoms with E-state index in [0.29, 0.717) is 30.4 Å². The Morgan fingerprint density at radius 1 is 0.859 bits per heavy atom. The fourth-order valence-electron chi connectivity index (χ4n) is 6.63. The summed E-state index contributed by atoms with van der Waals surface area (Å²) in [6, 6.07) is 5.06. The van der Waals surface area contributed by atoms with E-state index < -0.39 is 99.6 Å². The van der Waals surface area contributed by atoms with Gasteiger partial charge in [0.2, 0.25) is 11.8 Å². The van der Waals surface area contributed by atoms with Gasteiger partial charge < -0.3 is 55.5 Å². The molecule has 1 heterocycles. The van der Waals surface area contributed by atoms with Crippen molar-refractivity contribution in [3.05, 3.63) is 82.6 Å². The molecule has 0 spiro atoms. The number of hydrogen-bond donors (Lipinski definition) is 9. The Kier molecular flexibility index (Phi) is 18.2. The molecule has 3 amide bonds. The number of nitrogens with one attached hydrogen (secondary N) is 4. The van der Waals surface area contributed by atoms with Crippen molar-refractivity contribution in [1.29, 1.82) is 0 Å². The van der Waals surface area contributed by atoms with Crippen LogP contribution in [-0.4, -0.2) is 118 Å². The summed E-state index contributed by atoms with van der Waals surface area (Å²) in [4.78, 5) is 117. The summed E-state index contributed by atoms with van der Waals surface area (Å²) in [6.45, 7) is -1.29. The molecule has 9 N–H and O–H groups in total. The molecule has 6 atom stereocenters. The van der Waals surface area contributed by atoms with Gasteiger partial charge in [0.1, 0.15) is 23.3 Å². The van der Waals surface area contributed by atoms with Gasteiger partial charge in [0.15, 0.2) is 18.1 Å². The SMILES string of the molecule is O=COCC[C@H](NP(=O)(O)OC[C@H](NC(=O)CC[C@H](NC(=O)CCCCCNC(=O)c1ccc(C2c3ccc(O)cc3OC3=CC(=O)C=CC32)c(C(=O)O)c1)OC=O)C(=O)O)C(=O)O. The Hall–Kier alpha value is -6.94. The molecule has 0 saturated heterocycles. The molecule has 1 aliphatic carbocycles. The Bertz CT molecular complexity index is 2230. The predicted octanol–water partition coefficient (Wildman–Crippen LogP) is 1.23. The fourth-order valence-corrected chi connectivity index (χ4v) is 7.69. The first kappa shape index (κ1) is 49.7. The van der Waals surface area contributed by atoms with Crippen LogP contribution >= 0.6 is 7.75 Å². The number of benzene rings is 2. The number of fused-ring (bicyclic) bond motifs is 2. The lowest BCUT2D eigenvalue weighted by molar-refractivity contribution is -0.143. The number of amides is 3. The number of aromatic carboxylic acids is 1. The van der Waals surface area contributed by atoms with Gasteiger partial charge in [0.05, 0.1) is 18.8 Å². The number of hydrogen-bond acceptors (Lipinski definition) is 15. The third-order valence-electron chi connectivity index (χ3n) is 9.68. The van der Waals surface area contributed by atoms with E-state index in [4.69, 9.17) is 9.47 Å². The number of allylic oxidation sites excluding steroid dienone is 3. The van der Waals surface area contributed by atoms with Crippen LogP contribution in [0.15, 0.2) is 60.4 Å². The summed E-state index contributed by atoms with van der Waals surface area (Å²) < 4.78 is 32.1. The molecular formula is C40H45N4O19P. The second-order valence-electron chi connectivity index (χ2n) is 14.2. The van der Waals surface area contributed by atoms with Gasteiger partial charge in [-0.3, -0.25) is 38.1 Å². The smallest absolute Gasteiger partial charge is 0.403 e. The van der Waals surface area contributed by atoms with Crippen molar-refractivity contribution in [1.82, 2.24) is 21.0 Å². The number of ether oxygens (including phenoxy) is 3. The van der Waals surface area contributed by atoms with Gasteiger partial charge in [-0.1, -0.05) is 24.6 Å². The highest BCUT2D eigenvalue weighted by Gasteiger charge is 2.39. The molecule has 0 fully saturated rings. The number of rotatable bonds is 27. The number of aromatic hydroxyl groups is 1. The molecule has 23 nitrogen and oxygen atoms in total. The number of phenolic OH excluding ortho intramolecular Hbond substituents is 1. The number of carbonyl (C=O) groups excluding carboxylic acids is 6. The monoisotopic (exact) mass is 916 g/mol. The van der Waals surface area contributed by atoms with Gasteiger partial charge in [-0.15, -0.1) is 0 Å². The average Bonchev–Trinajstić information content (AvgIpc) is 3.23. The van der Waals surface area contributed by atoms with E-state index in [-0.39, 0.29) is 66.5 Å². The molecule has 3 unspecified atom stereocenters. The van der Waals surface area contributed by atoms with Gasteiger partial charge in [-0.25, -0.2) is 19.2 Å². The topological polar surface area (TPSA) is 357 Å². The first-order valence-corrected chi connectivity index (χ1v) is 21.0. The zero-order valence-corrected chi connectivity index (χ0v) is 34.6. The number of aliphatic carboxylic acids is 2. The lowest BCUT2D eigenvalue weighted by Gasteiger charge is -2.35. The molecule has 4 rings (SSSR count). The van der Waals surface area contributed by atoms with Crippen molar-refractivity contribution in [2.45, 2.75) is 69.2 Å². The predicted molar refractivity (Wildman–Crippen MR) is 215 cm³/mol. The maximum absolute atomic E-state index is 13.1. The van der Waals surface area contributed by atoms with Crippen LogP contribution in [0.3, 0.4) is 0 Å². The van der Waals surface area contributed by atoms with Crippen molar-refractivity contribution < 1.29 is 91.8 Å². The Labute approximate surface area is 363 Å². The molecule has 0 radical (unpaired) electrons. The second kappa shape index (κ2) is 23.5. The first-order chi connectivity index (χ1) is 30.4. The second-order valence-corrected chi connectivity index (χ2v) is 15.7. The van der Waals surface area contributed by atoms with Crippen LogP contribution in [-0.2, 0) is 52.1 Å². The molecule has 1 aliphatic heterocycles. The average molecular weight is 917 g/mol. The van der Waals surface area contributed by atoms with Crippen LogP contribution in [0, 0.1) is 5.92 Å². The highest BCUT2D eigenvalue weighted by molar-refractivity contribution is 7.50. The van der Waals surface area contributed by atoms with Gasteiger partial charge in [0, 0.05) is 67.3 Å². The standard InChI is InChI=1S/C40H45N4O19P/c45-20-60-15-13-29(39(54)55)44-64(58,59)62-19-30(40(56)57)42-34(50)11-12-35(61-21-46)43-33(49)4-2-1-3-14-41-37(51)22-5-8-25(28(16-22)38(52)53)36-26-9-6-23(47)17-31(26)63-32-18-24(48)7-10-27(32)36/h5-10,16-18,20-21,26,29-30,35-36,48H,1-4,11-15,19H2,(H,41,51)(H,42,50)(H,43,49)(H,52,53)(H,54,55)(H,56,57)(H2,44,58,59)/t26?,29-,30-,35+,36?/m0/s1. The van der Waals surface area contributed by atoms with E-state index in [0.717, 1.165) is 0 Å². The molecule has 2 aromatic carbocycles. The van der Waals surface area contributed by atoms with Crippen LogP contribution in [0.25, 0.3) is 0 Å². The van der Waals surface area contributed by atoms with Crippen LogP contribution in [0.1, 0.15) is 82.7 Å². The van der Waals surface area contributed by atoms with E-state index in [1.54, 1.807) is 17.2 Å². The van der Waals surface area contributed by atoms with Gasteiger partial charge in [-0.2, -0.15) is 0 Å². The minimum atomic E-state index is -4.95. The lowest BCUT2D eigenvalue weighted by atomic mass is 9.74. The van der Waals surface area contributed by atoms with Crippen LogP contribution < -0.4 is 25.8 Å². The molecule has 0 bridgehead atoms. The molecule has 344 valence electrons. The summed E-state index contributed by atoms with van der Waals surface area (Å²) in [7, 11) is -4.95. The van der Waals surface area contributed by atoms with Crippen molar-refractivity contribution in [3.63, 3.8) is 0 Å². The van der Waals surface area contributed by atoms with Crippen LogP contribution in [0.4, 0.5) is 0 Å². The van der Waals surface area contributed by atoms with E-state index in [1.165, 1.54) is 42.5 Å². The van der Waals surface area contributed by atoms with Crippen molar-refractivity contribution in [3.8, 4) is 11.5 Å². The Morgan fingerprint density at radius 3 is 2.27 bits per heavy atom. The molecule has 24 heteroatoms. The Balaban J connectivity index is 1.22. The van der Waals surface area contributed by atoms with Gasteiger partial charge >= 0.3 is 25.7 Å². The first-order valence-electron chi connectivity index (χ1n) is 19.5. The normalized spacial score (nSPS) is 17.3. The van der Waals surface area contributed by atoms with Crippen LogP contribution in [0.2, 0.25) is 0 Å². The number of ketones is 1. The summed E-state index contributed by atoms with van der Waals surface area (Å²) in [5, 5.41) is 47.8. The lowest BCUT2D eigenvalue weighted by Crippen LogP contribution is -2.45. The molecule has 0 saturated carbocycles. The molecule has 2 aromatic rings. The van der Waals surface area contributed by atoms with Gasteiger partial charge in [-0.05, 0) is 42.7 Å². The maximum atomic E-state index is 13.1. The minimum absolute atomic E-state index is 0.0223. The number of phenols is 1. The quantitative estimate of drug-likeness (QED) is 0.0263. The van der Waals surface area contributed by atoms with Crippen molar-refractivity contribution in [2.75, 3.05) is 19.8 Å². The third kappa shape index (κ3) is 14.6.